The highest BCUT2D eigenvalue weighted by Gasteiger charge is 2.43. The van der Waals surface area contributed by atoms with Crippen LogP contribution in [0.3, 0.4) is 0 Å². The average Bonchev–Trinajstić information content (AvgIpc) is 3.26. The van der Waals surface area contributed by atoms with Gasteiger partial charge in [-0.05, 0) is 25.5 Å². The Kier molecular flexibility index (Phi) is 3.73. The largest absolute Gasteiger partial charge is 0.507 e. The minimum Gasteiger partial charge on any atom is -0.507 e. The van der Waals surface area contributed by atoms with Crippen molar-refractivity contribution in [1.29, 1.82) is 0 Å². The number of fused-ring (bicyclic) bond motifs is 1. The molecule has 0 saturated carbocycles. The molecule has 2 aliphatic rings. The van der Waals surface area contributed by atoms with E-state index in [1.807, 2.05) is 19.1 Å². The molecular formula is C19H20N6O3. The zero-order valence-electron chi connectivity index (χ0n) is 15.4. The van der Waals surface area contributed by atoms with Gasteiger partial charge in [0, 0.05) is 18.3 Å². The number of H-pyrrole nitrogens is 1. The number of phenolic OH excluding ortho intramolecular Hbond substituents is 1. The molecule has 2 aromatic heterocycles. The molecule has 1 spiro atoms. The molecule has 0 radical (unpaired) electrons. The SMILES string of the molecule is Cc1cc(N2CCC3(C2)Cn2c(n[nH]c2=O)CO3)nc(-c2ccccc2O)n1. The van der Waals surface area contributed by atoms with Gasteiger partial charge in [0.1, 0.15) is 23.8 Å². The van der Waals surface area contributed by atoms with Crippen LogP contribution in [0.2, 0.25) is 0 Å². The second kappa shape index (κ2) is 6.16. The van der Waals surface area contributed by atoms with Crippen molar-refractivity contribution in [1.82, 2.24) is 24.7 Å². The molecule has 2 N–H and O–H groups in total. The Bertz CT molecular complexity index is 1110. The highest BCUT2D eigenvalue weighted by molar-refractivity contribution is 5.65. The van der Waals surface area contributed by atoms with E-state index in [9.17, 15) is 9.90 Å². The van der Waals surface area contributed by atoms with E-state index in [1.165, 1.54) is 0 Å². The van der Waals surface area contributed by atoms with Crippen LogP contribution >= 0.6 is 0 Å². The van der Waals surface area contributed by atoms with E-state index in [-0.39, 0.29) is 11.4 Å². The molecule has 1 atom stereocenters. The molecule has 3 aromatic rings. The number of para-hydroxylation sites is 1. The molecule has 1 unspecified atom stereocenters. The quantitative estimate of drug-likeness (QED) is 0.688. The fourth-order valence-corrected chi connectivity index (χ4v) is 3.96. The zero-order valence-corrected chi connectivity index (χ0v) is 15.4. The Hall–Kier alpha value is -3.20. The lowest BCUT2D eigenvalue weighted by molar-refractivity contribution is -0.0759. The highest BCUT2D eigenvalue weighted by Crippen LogP contribution is 2.34. The van der Waals surface area contributed by atoms with Gasteiger partial charge in [-0.3, -0.25) is 4.57 Å². The third kappa shape index (κ3) is 2.75. The van der Waals surface area contributed by atoms with Crippen LogP contribution in [-0.2, 0) is 17.9 Å². The fraction of sp³-hybridized carbons (Fsp3) is 0.368. The predicted molar refractivity (Wildman–Crippen MR) is 101 cm³/mol. The van der Waals surface area contributed by atoms with Gasteiger partial charge in [0.25, 0.3) is 0 Å². The summed E-state index contributed by atoms with van der Waals surface area (Å²) in [6, 6.07) is 8.98. The van der Waals surface area contributed by atoms with Crippen molar-refractivity contribution in [3.8, 4) is 17.1 Å². The average molecular weight is 380 g/mol. The van der Waals surface area contributed by atoms with Crippen molar-refractivity contribution in [2.45, 2.75) is 32.1 Å². The lowest BCUT2D eigenvalue weighted by Crippen LogP contribution is -2.46. The number of ether oxygens (including phenoxy) is 1. The molecule has 1 aromatic carbocycles. The molecule has 4 heterocycles. The van der Waals surface area contributed by atoms with Crippen LogP contribution in [0.1, 0.15) is 17.9 Å². The van der Waals surface area contributed by atoms with Crippen LogP contribution in [0.4, 0.5) is 5.82 Å². The summed E-state index contributed by atoms with van der Waals surface area (Å²) in [5.74, 6) is 2.07. The van der Waals surface area contributed by atoms with E-state index in [1.54, 1.807) is 22.8 Å². The van der Waals surface area contributed by atoms with Crippen molar-refractivity contribution in [3.63, 3.8) is 0 Å². The van der Waals surface area contributed by atoms with Crippen molar-refractivity contribution in [3.05, 3.63) is 52.3 Å². The highest BCUT2D eigenvalue weighted by atomic mass is 16.5. The molecule has 1 saturated heterocycles. The van der Waals surface area contributed by atoms with Crippen molar-refractivity contribution < 1.29 is 9.84 Å². The van der Waals surface area contributed by atoms with E-state index in [0.717, 1.165) is 24.5 Å². The van der Waals surface area contributed by atoms with Gasteiger partial charge in [-0.2, -0.15) is 5.10 Å². The van der Waals surface area contributed by atoms with E-state index in [2.05, 4.69) is 25.1 Å². The molecule has 2 aliphatic heterocycles. The number of rotatable bonds is 2. The molecule has 0 bridgehead atoms. The summed E-state index contributed by atoms with van der Waals surface area (Å²) in [5, 5.41) is 16.6. The number of aromatic hydroxyl groups is 1. The van der Waals surface area contributed by atoms with E-state index in [0.29, 0.717) is 36.9 Å². The van der Waals surface area contributed by atoms with Crippen molar-refractivity contribution in [2.75, 3.05) is 18.0 Å². The molecule has 1 fully saturated rings. The van der Waals surface area contributed by atoms with Crippen LogP contribution in [0.25, 0.3) is 11.4 Å². The maximum absolute atomic E-state index is 12.0. The number of aromatic nitrogens is 5. The predicted octanol–water partition coefficient (Wildman–Crippen LogP) is 1.22. The molecule has 0 aliphatic carbocycles. The molecule has 9 heteroatoms. The van der Waals surface area contributed by atoms with Gasteiger partial charge >= 0.3 is 5.69 Å². The Morgan fingerprint density at radius 3 is 2.96 bits per heavy atom. The van der Waals surface area contributed by atoms with E-state index in [4.69, 9.17) is 4.74 Å². The van der Waals surface area contributed by atoms with Crippen LogP contribution < -0.4 is 10.6 Å². The summed E-state index contributed by atoms with van der Waals surface area (Å²) in [7, 11) is 0. The third-order valence-corrected chi connectivity index (χ3v) is 5.42. The molecule has 5 rings (SSSR count). The standard InChI is InChI=1S/C19H20N6O3/c1-12-8-15(21-17(20-12)13-4-2-3-5-14(13)26)24-7-6-19(10-24)11-25-16(9-28-19)22-23-18(25)27/h2-5,8,26H,6-7,9-11H2,1H3,(H,23,27). The van der Waals surface area contributed by atoms with Gasteiger partial charge < -0.3 is 14.7 Å². The monoisotopic (exact) mass is 380 g/mol. The van der Waals surface area contributed by atoms with Crippen molar-refractivity contribution in [2.24, 2.45) is 0 Å². The first-order valence-electron chi connectivity index (χ1n) is 9.20. The molecular weight excluding hydrogens is 360 g/mol. The maximum Gasteiger partial charge on any atom is 0.343 e. The first-order valence-corrected chi connectivity index (χ1v) is 9.20. The zero-order chi connectivity index (χ0) is 19.3. The van der Waals surface area contributed by atoms with Crippen LogP contribution in [0, 0.1) is 6.92 Å². The summed E-state index contributed by atoms with van der Waals surface area (Å²) in [6.45, 7) is 4.09. The normalized spacial score (nSPS) is 21.2. The minimum atomic E-state index is -0.436. The first-order chi connectivity index (χ1) is 13.5. The first kappa shape index (κ1) is 16.9. The number of anilines is 1. The van der Waals surface area contributed by atoms with Gasteiger partial charge in [-0.1, -0.05) is 12.1 Å². The number of nitrogens with zero attached hydrogens (tertiary/aromatic N) is 5. The number of hydrogen-bond acceptors (Lipinski definition) is 7. The van der Waals surface area contributed by atoms with Gasteiger partial charge in [0.05, 0.1) is 18.7 Å². The molecule has 28 heavy (non-hydrogen) atoms. The summed E-state index contributed by atoms with van der Waals surface area (Å²) >= 11 is 0. The van der Waals surface area contributed by atoms with Crippen LogP contribution in [0.15, 0.2) is 35.1 Å². The maximum atomic E-state index is 12.0. The smallest absolute Gasteiger partial charge is 0.343 e. The van der Waals surface area contributed by atoms with Crippen LogP contribution in [0.5, 0.6) is 5.75 Å². The van der Waals surface area contributed by atoms with Crippen LogP contribution in [-0.4, -0.2) is 48.5 Å². The molecule has 144 valence electrons. The number of aryl methyl sites for hydroxylation is 1. The minimum absolute atomic E-state index is 0.152. The summed E-state index contributed by atoms with van der Waals surface area (Å²) in [5.41, 5.74) is 0.789. The topological polar surface area (TPSA) is 109 Å². The molecule has 0 amide bonds. The number of benzene rings is 1. The number of nitrogens with one attached hydrogen (secondary N) is 1. The Morgan fingerprint density at radius 1 is 1.25 bits per heavy atom. The van der Waals surface area contributed by atoms with Gasteiger partial charge in [-0.25, -0.2) is 19.9 Å². The Balaban J connectivity index is 1.45. The van der Waals surface area contributed by atoms with E-state index >= 15 is 0 Å². The Labute approximate surface area is 160 Å². The second-order valence-electron chi connectivity index (χ2n) is 7.38. The Morgan fingerprint density at radius 2 is 2.11 bits per heavy atom. The number of aromatic amines is 1. The molecule has 9 nitrogen and oxygen atoms in total. The second-order valence-corrected chi connectivity index (χ2v) is 7.38. The fourth-order valence-electron chi connectivity index (χ4n) is 3.96. The van der Waals surface area contributed by atoms with E-state index < -0.39 is 5.60 Å². The summed E-state index contributed by atoms with van der Waals surface area (Å²) in [4.78, 5) is 23.3. The van der Waals surface area contributed by atoms with Crippen molar-refractivity contribution >= 4 is 5.82 Å². The summed E-state index contributed by atoms with van der Waals surface area (Å²) < 4.78 is 7.77. The number of phenols is 1. The number of hydrogen-bond donors (Lipinski definition) is 2. The summed E-state index contributed by atoms with van der Waals surface area (Å²) in [6.07, 6.45) is 0.791. The lowest BCUT2D eigenvalue weighted by Gasteiger charge is -2.33. The van der Waals surface area contributed by atoms with Gasteiger partial charge in [-0.15, -0.1) is 0 Å². The lowest BCUT2D eigenvalue weighted by atomic mass is 10.0. The van der Waals surface area contributed by atoms with Gasteiger partial charge in [0.2, 0.25) is 0 Å². The third-order valence-electron chi connectivity index (χ3n) is 5.42. The van der Waals surface area contributed by atoms with Gasteiger partial charge in [0.15, 0.2) is 11.6 Å².